The second kappa shape index (κ2) is 6.38. The summed E-state index contributed by atoms with van der Waals surface area (Å²) in [6, 6.07) is 2.42. The van der Waals surface area contributed by atoms with Gasteiger partial charge in [-0.05, 0) is 41.7 Å². The first-order valence-electron chi connectivity index (χ1n) is 6.24. The summed E-state index contributed by atoms with van der Waals surface area (Å²) >= 11 is 1.75. The zero-order valence-corrected chi connectivity index (χ0v) is 10.5. The van der Waals surface area contributed by atoms with Crippen LogP contribution in [0.2, 0.25) is 0 Å². The van der Waals surface area contributed by atoms with E-state index in [-0.39, 0.29) is 6.04 Å². The van der Waals surface area contributed by atoms with E-state index in [1.807, 2.05) is 0 Å². The molecule has 2 atom stereocenters. The van der Waals surface area contributed by atoms with Crippen LogP contribution < -0.4 is 5.73 Å². The molecule has 1 heterocycles. The Morgan fingerprint density at radius 1 is 1.31 bits per heavy atom. The fourth-order valence-corrected chi connectivity index (χ4v) is 2.98. The molecule has 0 saturated heterocycles. The maximum atomic E-state index is 6.12. The summed E-state index contributed by atoms with van der Waals surface area (Å²) in [4.78, 5) is 0. The van der Waals surface area contributed by atoms with Crippen LogP contribution in [0.3, 0.4) is 0 Å². The van der Waals surface area contributed by atoms with Crippen molar-refractivity contribution in [1.82, 2.24) is 0 Å². The second-order valence-electron chi connectivity index (χ2n) is 4.59. The lowest BCUT2D eigenvalue weighted by molar-refractivity contribution is 0.0332. The summed E-state index contributed by atoms with van der Waals surface area (Å²) in [7, 11) is 0. The van der Waals surface area contributed by atoms with Crippen LogP contribution in [0.5, 0.6) is 0 Å². The maximum absolute atomic E-state index is 6.12. The molecule has 1 fully saturated rings. The van der Waals surface area contributed by atoms with Crippen LogP contribution in [-0.2, 0) is 11.2 Å². The molecule has 1 aromatic rings. The number of hydrogen-bond donors (Lipinski definition) is 1. The Hall–Kier alpha value is -0.380. The third kappa shape index (κ3) is 3.58. The van der Waals surface area contributed by atoms with Crippen molar-refractivity contribution in [2.24, 2.45) is 5.73 Å². The predicted molar refractivity (Wildman–Crippen MR) is 68.8 cm³/mol. The van der Waals surface area contributed by atoms with Crippen LogP contribution in [0.25, 0.3) is 0 Å². The van der Waals surface area contributed by atoms with Gasteiger partial charge in [-0.3, -0.25) is 0 Å². The quantitative estimate of drug-likeness (QED) is 0.820. The normalized spacial score (nSPS) is 26.6. The highest BCUT2D eigenvalue weighted by Gasteiger charge is 2.20. The number of nitrogens with two attached hydrogens (primary N) is 1. The minimum Gasteiger partial charge on any atom is -0.376 e. The SMILES string of the molecule is NC1CCCCCC1OCCc1ccsc1. The van der Waals surface area contributed by atoms with E-state index in [0.717, 1.165) is 25.9 Å². The van der Waals surface area contributed by atoms with Crippen LogP contribution in [0.1, 0.15) is 37.7 Å². The van der Waals surface area contributed by atoms with E-state index in [9.17, 15) is 0 Å². The van der Waals surface area contributed by atoms with E-state index in [1.165, 1.54) is 24.8 Å². The van der Waals surface area contributed by atoms with Crippen molar-refractivity contribution < 1.29 is 4.74 Å². The lowest BCUT2D eigenvalue weighted by atomic mass is 10.1. The molecule has 16 heavy (non-hydrogen) atoms. The first kappa shape index (κ1) is 12.1. The van der Waals surface area contributed by atoms with Gasteiger partial charge in [-0.1, -0.05) is 19.3 Å². The molecule has 0 radical (unpaired) electrons. The molecule has 0 bridgehead atoms. The molecular formula is C13H21NOS. The highest BCUT2D eigenvalue weighted by molar-refractivity contribution is 7.07. The van der Waals surface area contributed by atoms with Gasteiger partial charge in [0.2, 0.25) is 0 Å². The van der Waals surface area contributed by atoms with Gasteiger partial charge in [0.1, 0.15) is 0 Å². The smallest absolute Gasteiger partial charge is 0.0726 e. The zero-order chi connectivity index (χ0) is 11.2. The molecule has 0 aliphatic heterocycles. The van der Waals surface area contributed by atoms with Crippen LogP contribution in [0, 0.1) is 0 Å². The van der Waals surface area contributed by atoms with Gasteiger partial charge in [0.25, 0.3) is 0 Å². The molecule has 0 amide bonds. The van der Waals surface area contributed by atoms with Gasteiger partial charge in [0.05, 0.1) is 12.7 Å². The van der Waals surface area contributed by atoms with Crippen LogP contribution in [0.4, 0.5) is 0 Å². The molecule has 2 rings (SSSR count). The fraction of sp³-hybridized carbons (Fsp3) is 0.692. The minimum absolute atomic E-state index is 0.255. The minimum atomic E-state index is 0.255. The molecule has 3 heteroatoms. The largest absolute Gasteiger partial charge is 0.376 e. The van der Waals surface area contributed by atoms with Crippen molar-refractivity contribution >= 4 is 11.3 Å². The average Bonchev–Trinajstić information content (AvgIpc) is 2.71. The van der Waals surface area contributed by atoms with E-state index in [4.69, 9.17) is 10.5 Å². The molecule has 1 aromatic heterocycles. The predicted octanol–water partition coefficient (Wildman–Crippen LogP) is 2.97. The summed E-state index contributed by atoms with van der Waals surface area (Å²) in [5.41, 5.74) is 7.50. The summed E-state index contributed by atoms with van der Waals surface area (Å²) < 4.78 is 5.93. The molecule has 0 aromatic carbocycles. The monoisotopic (exact) mass is 239 g/mol. The van der Waals surface area contributed by atoms with Crippen molar-refractivity contribution in [3.05, 3.63) is 22.4 Å². The van der Waals surface area contributed by atoms with Crippen molar-refractivity contribution in [2.75, 3.05) is 6.61 Å². The number of rotatable bonds is 4. The van der Waals surface area contributed by atoms with Crippen molar-refractivity contribution in [1.29, 1.82) is 0 Å². The Bertz CT molecular complexity index is 286. The highest BCUT2D eigenvalue weighted by atomic mass is 32.1. The van der Waals surface area contributed by atoms with Crippen LogP contribution >= 0.6 is 11.3 Å². The topological polar surface area (TPSA) is 35.2 Å². The Kier molecular flexibility index (Phi) is 4.82. The van der Waals surface area contributed by atoms with Gasteiger partial charge >= 0.3 is 0 Å². The number of ether oxygens (including phenoxy) is 1. The third-order valence-corrected chi connectivity index (χ3v) is 4.04. The number of hydrogen-bond acceptors (Lipinski definition) is 3. The Morgan fingerprint density at radius 3 is 3.00 bits per heavy atom. The summed E-state index contributed by atoms with van der Waals surface area (Å²) in [5.74, 6) is 0. The first-order valence-corrected chi connectivity index (χ1v) is 7.19. The van der Waals surface area contributed by atoms with Crippen molar-refractivity contribution in [3.63, 3.8) is 0 Å². The van der Waals surface area contributed by atoms with Crippen LogP contribution in [-0.4, -0.2) is 18.8 Å². The molecule has 2 unspecified atom stereocenters. The fourth-order valence-electron chi connectivity index (χ4n) is 2.27. The lowest BCUT2D eigenvalue weighted by Gasteiger charge is -2.21. The van der Waals surface area contributed by atoms with Gasteiger partial charge in [0, 0.05) is 6.04 Å². The van der Waals surface area contributed by atoms with Crippen molar-refractivity contribution in [3.8, 4) is 0 Å². The van der Waals surface area contributed by atoms with Gasteiger partial charge in [-0.15, -0.1) is 0 Å². The lowest BCUT2D eigenvalue weighted by Crippen LogP contribution is -2.36. The third-order valence-electron chi connectivity index (χ3n) is 3.31. The Balaban J connectivity index is 1.71. The molecule has 1 aliphatic carbocycles. The molecule has 1 saturated carbocycles. The Morgan fingerprint density at radius 2 is 2.19 bits per heavy atom. The summed E-state index contributed by atoms with van der Waals surface area (Å²) in [6.07, 6.45) is 7.45. The van der Waals surface area contributed by atoms with Gasteiger partial charge in [-0.2, -0.15) is 11.3 Å². The van der Waals surface area contributed by atoms with Crippen LogP contribution in [0.15, 0.2) is 16.8 Å². The molecule has 1 aliphatic rings. The van der Waals surface area contributed by atoms with E-state index in [2.05, 4.69) is 16.8 Å². The average molecular weight is 239 g/mol. The Labute approximate surface area is 102 Å². The van der Waals surface area contributed by atoms with E-state index in [0.29, 0.717) is 6.10 Å². The molecule has 2 nitrogen and oxygen atoms in total. The second-order valence-corrected chi connectivity index (χ2v) is 5.37. The van der Waals surface area contributed by atoms with Gasteiger partial charge in [0.15, 0.2) is 0 Å². The van der Waals surface area contributed by atoms with Crippen molar-refractivity contribution in [2.45, 2.75) is 50.7 Å². The summed E-state index contributed by atoms with van der Waals surface area (Å²) in [5, 5.41) is 4.31. The first-order chi connectivity index (χ1) is 7.86. The molecular weight excluding hydrogens is 218 g/mol. The summed E-state index contributed by atoms with van der Waals surface area (Å²) in [6.45, 7) is 0.815. The standard InChI is InChI=1S/C13H21NOS/c14-12-4-2-1-3-5-13(12)15-8-6-11-7-9-16-10-11/h7,9-10,12-13H,1-6,8,14H2. The van der Waals surface area contributed by atoms with E-state index >= 15 is 0 Å². The van der Waals surface area contributed by atoms with Gasteiger partial charge in [-0.25, -0.2) is 0 Å². The van der Waals surface area contributed by atoms with E-state index < -0.39 is 0 Å². The van der Waals surface area contributed by atoms with E-state index in [1.54, 1.807) is 11.3 Å². The maximum Gasteiger partial charge on any atom is 0.0726 e. The molecule has 0 spiro atoms. The zero-order valence-electron chi connectivity index (χ0n) is 9.73. The molecule has 2 N–H and O–H groups in total. The molecule has 90 valence electrons. The number of thiophene rings is 1. The van der Waals surface area contributed by atoms with Gasteiger partial charge < -0.3 is 10.5 Å². The highest BCUT2D eigenvalue weighted by Crippen LogP contribution is 2.19.